The number of nitrogens with one attached hydrogen (secondary N) is 1. The molecule has 0 saturated heterocycles. The number of rotatable bonds is 8. The third-order valence-electron chi connectivity index (χ3n) is 6.04. The van der Waals surface area contributed by atoms with Crippen molar-refractivity contribution in [2.24, 2.45) is 4.99 Å². The number of aliphatic imine (C=N–C) groups is 1. The van der Waals surface area contributed by atoms with Crippen molar-refractivity contribution in [2.75, 3.05) is 39.0 Å². The van der Waals surface area contributed by atoms with Gasteiger partial charge in [-0.2, -0.15) is 0 Å². The van der Waals surface area contributed by atoms with E-state index >= 15 is 0 Å². The maximum absolute atomic E-state index is 13.0. The summed E-state index contributed by atoms with van der Waals surface area (Å²) in [5.74, 6) is -0.710. The molecule has 0 saturated carbocycles. The quantitative estimate of drug-likeness (QED) is 0.442. The van der Waals surface area contributed by atoms with Crippen LogP contribution in [0.3, 0.4) is 0 Å². The van der Waals surface area contributed by atoms with Crippen LogP contribution in [0.15, 0.2) is 77.8 Å². The number of anilines is 1. The first-order valence-corrected chi connectivity index (χ1v) is 12.0. The summed E-state index contributed by atoms with van der Waals surface area (Å²) in [7, 11) is 3.99. The number of hydrogen-bond donors (Lipinski definition) is 1. The molecular formula is C28H29ClN4O2. The van der Waals surface area contributed by atoms with E-state index in [0.717, 1.165) is 17.7 Å². The van der Waals surface area contributed by atoms with Gasteiger partial charge in [0.2, 0.25) is 5.91 Å². The molecule has 0 aliphatic carbocycles. The van der Waals surface area contributed by atoms with Crippen molar-refractivity contribution in [2.45, 2.75) is 12.8 Å². The van der Waals surface area contributed by atoms with Crippen molar-refractivity contribution in [3.8, 4) is 0 Å². The van der Waals surface area contributed by atoms with Crippen molar-refractivity contribution in [1.29, 1.82) is 0 Å². The Bertz CT molecular complexity index is 1240. The SMILES string of the molecule is CCN(CCN(C)C)C(=O)c1ccc(N=C(c2ccccc2)C2C(=O)Nc3cc(Cl)ccc32)cc1. The molecule has 1 N–H and O–H groups in total. The van der Waals surface area contributed by atoms with Crippen LogP contribution in [-0.4, -0.2) is 61.1 Å². The second-order valence-electron chi connectivity index (χ2n) is 8.75. The largest absolute Gasteiger partial charge is 0.338 e. The van der Waals surface area contributed by atoms with Gasteiger partial charge in [0, 0.05) is 35.9 Å². The van der Waals surface area contributed by atoms with Gasteiger partial charge in [-0.05, 0) is 68.5 Å². The minimum absolute atomic E-state index is 0.00543. The van der Waals surface area contributed by atoms with Crippen LogP contribution in [0.25, 0.3) is 0 Å². The Labute approximate surface area is 211 Å². The number of hydrogen-bond acceptors (Lipinski definition) is 4. The topological polar surface area (TPSA) is 65.0 Å². The van der Waals surface area contributed by atoms with Gasteiger partial charge in [-0.25, -0.2) is 0 Å². The lowest BCUT2D eigenvalue weighted by Gasteiger charge is -2.23. The molecular weight excluding hydrogens is 460 g/mol. The van der Waals surface area contributed by atoms with E-state index in [1.54, 1.807) is 24.3 Å². The fraction of sp³-hybridized carbons (Fsp3) is 0.250. The summed E-state index contributed by atoms with van der Waals surface area (Å²) in [5.41, 5.74) is 4.33. The van der Waals surface area contributed by atoms with Gasteiger partial charge in [0.1, 0.15) is 5.92 Å². The molecule has 1 heterocycles. The maximum Gasteiger partial charge on any atom is 0.253 e. The maximum atomic E-state index is 13.0. The van der Waals surface area contributed by atoms with Crippen LogP contribution in [0.5, 0.6) is 0 Å². The van der Waals surface area contributed by atoms with Crippen LogP contribution in [0, 0.1) is 0 Å². The normalized spacial score (nSPS) is 15.2. The van der Waals surface area contributed by atoms with Crippen LogP contribution >= 0.6 is 11.6 Å². The zero-order valence-corrected chi connectivity index (χ0v) is 20.9. The molecule has 1 aliphatic heterocycles. The predicted molar refractivity (Wildman–Crippen MR) is 142 cm³/mol. The molecule has 4 rings (SSSR count). The lowest BCUT2D eigenvalue weighted by atomic mass is 9.90. The van der Waals surface area contributed by atoms with Gasteiger partial charge in [0.25, 0.3) is 5.91 Å². The summed E-state index contributed by atoms with van der Waals surface area (Å²) < 4.78 is 0. The minimum Gasteiger partial charge on any atom is -0.338 e. The van der Waals surface area contributed by atoms with E-state index < -0.39 is 5.92 Å². The summed E-state index contributed by atoms with van der Waals surface area (Å²) in [4.78, 5) is 34.8. The highest BCUT2D eigenvalue weighted by atomic mass is 35.5. The number of fused-ring (bicyclic) bond motifs is 1. The highest BCUT2D eigenvalue weighted by molar-refractivity contribution is 6.31. The standard InChI is InChI=1S/C28H29ClN4O2/c1-4-33(17-16-32(2)3)28(35)20-10-13-22(14-11-20)30-26(19-8-6-5-7-9-19)25-23-15-12-21(29)18-24(23)31-27(25)34/h5-15,18,25H,4,16-17H2,1-3H3,(H,31,34). The Morgan fingerprint density at radius 3 is 2.34 bits per heavy atom. The number of benzene rings is 3. The smallest absolute Gasteiger partial charge is 0.253 e. The fourth-order valence-corrected chi connectivity index (χ4v) is 4.31. The van der Waals surface area contributed by atoms with Gasteiger partial charge in [0.05, 0.1) is 11.4 Å². The molecule has 0 radical (unpaired) electrons. The van der Waals surface area contributed by atoms with Crippen LogP contribution in [0.1, 0.15) is 34.3 Å². The van der Waals surface area contributed by atoms with Crippen LogP contribution in [0.4, 0.5) is 11.4 Å². The molecule has 0 bridgehead atoms. The highest BCUT2D eigenvalue weighted by Crippen LogP contribution is 2.37. The molecule has 1 aliphatic rings. The van der Waals surface area contributed by atoms with E-state index in [2.05, 4.69) is 10.2 Å². The Hall–Kier alpha value is -3.48. The van der Waals surface area contributed by atoms with E-state index in [0.29, 0.717) is 40.8 Å². The zero-order valence-electron chi connectivity index (χ0n) is 20.2. The molecule has 1 atom stereocenters. The van der Waals surface area contributed by atoms with Gasteiger partial charge < -0.3 is 15.1 Å². The average molecular weight is 489 g/mol. The van der Waals surface area contributed by atoms with Gasteiger partial charge >= 0.3 is 0 Å². The first kappa shape index (κ1) is 24.6. The molecule has 7 heteroatoms. The number of carbonyl (C=O) groups excluding carboxylic acids is 2. The van der Waals surface area contributed by atoms with Gasteiger partial charge in [-0.1, -0.05) is 48.0 Å². The third kappa shape index (κ3) is 5.61. The number of nitrogens with zero attached hydrogens (tertiary/aromatic N) is 3. The number of carbonyl (C=O) groups is 2. The number of amides is 2. The summed E-state index contributed by atoms with van der Waals surface area (Å²) in [6.45, 7) is 4.10. The van der Waals surface area contributed by atoms with E-state index in [9.17, 15) is 9.59 Å². The lowest BCUT2D eigenvalue weighted by Crippen LogP contribution is -2.36. The van der Waals surface area contributed by atoms with Crippen molar-refractivity contribution >= 4 is 40.5 Å². The van der Waals surface area contributed by atoms with Crippen molar-refractivity contribution < 1.29 is 9.59 Å². The third-order valence-corrected chi connectivity index (χ3v) is 6.27. The first-order chi connectivity index (χ1) is 16.9. The Kier molecular flexibility index (Phi) is 7.63. The molecule has 1 unspecified atom stereocenters. The molecule has 6 nitrogen and oxygen atoms in total. The summed E-state index contributed by atoms with van der Waals surface area (Å²) in [6.07, 6.45) is 0. The molecule has 35 heavy (non-hydrogen) atoms. The van der Waals surface area contributed by atoms with E-state index in [4.69, 9.17) is 16.6 Å². The monoisotopic (exact) mass is 488 g/mol. The molecule has 0 spiro atoms. The molecule has 0 fully saturated rings. The fourth-order valence-electron chi connectivity index (χ4n) is 4.13. The zero-order chi connectivity index (χ0) is 24.9. The summed E-state index contributed by atoms with van der Waals surface area (Å²) in [5, 5.41) is 3.49. The van der Waals surface area contributed by atoms with Gasteiger partial charge in [0.15, 0.2) is 0 Å². The van der Waals surface area contributed by atoms with Crippen molar-refractivity contribution in [3.63, 3.8) is 0 Å². The minimum atomic E-state index is -0.562. The lowest BCUT2D eigenvalue weighted by molar-refractivity contribution is -0.115. The summed E-state index contributed by atoms with van der Waals surface area (Å²) in [6, 6.07) is 22.3. The van der Waals surface area contributed by atoms with Crippen LogP contribution < -0.4 is 5.32 Å². The Morgan fingerprint density at radius 1 is 0.971 bits per heavy atom. The molecule has 180 valence electrons. The molecule has 3 aromatic rings. The Morgan fingerprint density at radius 2 is 1.69 bits per heavy atom. The number of halogens is 1. The van der Waals surface area contributed by atoms with E-state index in [1.807, 2.05) is 74.4 Å². The predicted octanol–water partition coefficient (Wildman–Crippen LogP) is 5.22. The molecule has 2 amide bonds. The number of likely N-dealkylation sites (N-methyl/N-ethyl adjacent to an activating group) is 2. The second kappa shape index (κ2) is 10.8. The Balaban J connectivity index is 1.67. The van der Waals surface area contributed by atoms with Gasteiger partial charge in [-0.3, -0.25) is 14.6 Å². The second-order valence-corrected chi connectivity index (χ2v) is 9.19. The molecule has 0 aromatic heterocycles. The summed E-state index contributed by atoms with van der Waals surface area (Å²) >= 11 is 6.14. The van der Waals surface area contributed by atoms with Crippen molar-refractivity contribution in [1.82, 2.24) is 9.80 Å². The van der Waals surface area contributed by atoms with Gasteiger partial charge in [-0.15, -0.1) is 0 Å². The van der Waals surface area contributed by atoms with E-state index in [1.165, 1.54) is 0 Å². The van der Waals surface area contributed by atoms with Crippen LogP contribution in [-0.2, 0) is 4.79 Å². The average Bonchev–Trinajstić information content (AvgIpc) is 3.18. The first-order valence-electron chi connectivity index (χ1n) is 11.7. The molecule has 3 aromatic carbocycles. The van der Waals surface area contributed by atoms with Crippen LogP contribution in [0.2, 0.25) is 5.02 Å². The highest BCUT2D eigenvalue weighted by Gasteiger charge is 2.35. The van der Waals surface area contributed by atoms with Crippen molar-refractivity contribution in [3.05, 3.63) is 94.5 Å². The van der Waals surface area contributed by atoms with E-state index in [-0.39, 0.29) is 11.8 Å².